The fourth-order valence-corrected chi connectivity index (χ4v) is 4.09. The van der Waals surface area contributed by atoms with E-state index in [4.69, 9.17) is 22.1 Å². The van der Waals surface area contributed by atoms with Gasteiger partial charge in [0.2, 0.25) is 5.91 Å². The molecule has 0 spiro atoms. The highest BCUT2D eigenvalue weighted by Crippen LogP contribution is 2.44. The Kier molecular flexibility index (Phi) is 7.14. The molecule has 1 aromatic carbocycles. The minimum absolute atomic E-state index is 0.0750. The van der Waals surface area contributed by atoms with E-state index in [-0.39, 0.29) is 17.2 Å². The molecule has 3 N–H and O–H groups in total. The van der Waals surface area contributed by atoms with E-state index < -0.39 is 23.3 Å². The van der Waals surface area contributed by atoms with Crippen molar-refractivity contribution in [2.24, 2.45) is 17.1 Å². The number of hydrogen-bond acceptors (Lipinski definition) is 4. The molecule has 0 aliphatic carbocycles. The molecule has 0 radical (unpaired) electrons. The number of piperidine rings is 1. The molecule has 0 bridgehead atoms. The maximum absolute atomic E-state index is 13.3. The summed E-state index contributed by atoms with van der Waals surface area (Å²) in [5, 5.41) is 3.43. The summed E-state index contributed by atoms with van der Waals surface area (Å²) < 4.78 is 5.35. The lowest BCUT2D eigenvalue weighted by atomic mass is 9.64. The van der Waals surface area contributed by atoms with Gasteiger partial charge in [0.05, 0.1) is 0 Å². The molecule has 0 aromatic heterocycles. The van der Waals surface area contributed by atoms with Crippen LogP contribution in [0.1, 0.15) is 60.5 Å². The number of ether oxygens (including phenoxy) is 1. The van der Waals surface area contributed by atoms with E-state index in [1.165, 1.54) is 0 Å². The topological polar surface area (TPSA) is 84.7 Å². The zero-order valence-electron chi connectivity index (χ0n) is 19.2. The van der Waals surface area contributed by atoms with Gasteiger partial charge in [0.15, 0.2) is 0 Å². The third kappa shape index (κ3) is 5.46. The fourth-order valence-electron chi connectivity index (χ4n) is 3.96. The molecule has 0 saturated carbocycles. The predicted molar refractivity (Wildman–Crippen MR) is 120 cm³/mol. The number of carbonyl (C=O) groups is 2. The van der Waals surface area contributed by atoms with Gasteiger partial charge in [-0.05, 0) is 50.8 Å². The van der Waals surface area contributed by atoms with Gasteiger partial charge in [0.25, 0.3) is 0 Å². The minimum Gasteiger partial charge on any atom is -0.444 e. The fraction of sp³-hybridized carbons (Fsp3) is 0.652. The predicted octanol–water partition coefficient (Wildman–Crippen LogP) is 4.30. The number of halogens is 1. The number of hydrogen-bond donors (Lipinski definition) is 2. The second-order valence-electron chi connectivity index (χ2n) is 10.2. The molecule has 168 valence electrons. The first-order valence-electron chi connectivity index (χ1n) is 10.5. The zero-order valence-corrected chi connectivity index (χ0v) is 20.0. The SMILES string of the molecule is CC(C)[C@@H](NC(=O)OC(C)(C)C)C(=O)N1CCC(N)(c2ccc(Cl)cc2)C(C)(C)C1. The Hall–Kier alpha value is -1.79. The van der Waals surface area contributed by atoms with E-state index in [0.717, 1.165) is 5.56 Å². The van der Waals surface area contributed by atoms with Crippen molar-refractivity contribution >= 4 is 23.6 Å². The molecule has 1 aliphatic rings. The van der Waals surface area contributed by atoms with E-state index in [1.807, 2.05) is 43.0 Å². The van der Waals surface area contributed by atoms with E-state index in [1.54, 1.807) is 20.8 Å². The lowest BCUT2D eigenvalue weighted by molar-refractivity contribution is -0.140. The van der Waals surface area contributed by atoms with Gasteiger partial charge in [-0.1, -0.05) is 51.4 Å². The molecule has 1 saturated heterocycles. The highest BCUT2D eigenvalue weighted by molar-refractivity contribution is 6.30. The number of benzene rings is 1. The Labute approximate surface area is 185 Å². The molecule has 2 rings (SSSR count). The molecular formula is C23H36ClN3O3. The number of rotatable bonds is 4. The Balaban J connectivity index is 2.17. The first kappa shape index (κ1) is 24.5. The lowest BCUT2D eigenvalue weighted by Gasteiger charge is -2.52. The summed E-state index contributed by atoms with van der Waals surface area (Å²) in [4.78, 5) is 27.4. The third-order valence-corrected chi connectivity index (χ3v) is 6.10. The molecular weight excluding hydrogens is 402 g/mol. The summed E-state index contributed by atoms with van der Waals surface area (Å²) in [5.74, 6) is -0.184. The van der Waals surface area contributed by atoms with Crippen LogP contribution in [0.15, 0.2) is 24.3 Å². The summed E-state index contributed by atoms with van der Waals surface area (Å²) >= 11 is 6.04. The molecule has 1 heterocycles. The average Bonchev–Trinajstić information content (AvgIpc) is 2.60. The second kappa shape index (κ2) is 8.75. The van der Waals surface area contributed by atoms with Crippen LogP contribution in [0.4, 0.5) is 4.79 Å². The van der Waals surface area contributed by atoms with Crippen molar-refractivity contribution in [3.8, 4) is 0 Å². The van der Waals surface area contributed by atoms with Crippen LogP contribution in [0, 0.1) is 11.3 Å². The van der Waals surface area contributed by atoms with Crippen LogP contribution >= 0.6 is 11.6 Å². The number of carbonyl (C=O) groups excluding carboxylic acids is 2. The molecule has 6 nitrogen and oxygen atoms in total. The summed E-state index contributed by atoms with van der Waals surface area (Å²) in [6.07, 6.45) is 0.0325. The van der Waals surface area contributed by atoms with E-state index in [0.29, 0.717) is 24.5 Å². The van der Waals surface area contributed by atoms with Crippen molar-refractivity contribution in [2.75, 3.05) is 13.1 Å². The third-order valence-electron chi connectivity index (χ3n) is 5.85. The highest BCUT2D eigenvalue weighted by Gasteiger charge is 2.49. The molecule has 1 aliphatic heterocycles. The first-order valence-corrected chi connectivity index (χ1v) is 10.9. The quantitative estimate of drug-likeness (QED) is 0.735. The van der Waals surface area contributed by atoms with Gasteiger partial charge in [0.1, 0.15) is 11.6 Å². The molecule has 1 aromatic rings. The van der Waals surface area contributed by atoms with Gasteiger partial charge >= 0.3 is 6.09 Å². The van der Waals surface area contributed by atoms with E-state index in [2.05, 4.69) is 19.2 Å². The van der Waals surface area contributed by atoms with Crippen molar-refractivity contribution < 1.29 is 14.3 Å². The van der Waals surface area contributed by atoms with Crippen molar-refractivity contribution in [1.82, 2.24) is 10.2 Å². The molecule has 1 unspecified atom stereocenters. The summed E-state index contributed by atoms with van der Waals surface area (Å²) in [7, 11) is 0. The number of nitrogens with zero attached hydrogens (tertiary/aromatic N) is 1. The Morgan fingerprint density at radius 2 is 1.77 bits per heavy atom. The summed E-state index contributed by atoms with van der Waals surface area (Å²) in [5.41, 5.74) is 6.31. The summed E-state index contributed by atoms with van der Waals surface area (Å²) in [6, 6.07) is 6.96. The van der Waals surface area contributed by atoms with Crippen LogP contribution in [0.5, 0.6) is 0 Å². The zero-order chi connectivity index (χ0) is 22.9. The van der Waals surface area contributed by atoms with Gasteiger partial charge in [-0.25, -0.2) is 4.79 Å². The number of nitrogens with one attached hydrogen (secondary N) is 1. The van der Waals surface area contributed by atoms with Gasteiger partial charge in [-0.2, -0.15) is 0 Å². The van der Waals surface area contributed by atoms with Crippen molar-refractivity contribution in [3.63, 3.8) is 0 Å². The van der Waals surface area contributed by atoms with Crippen molar-refractivity contribution in [1.29, 1.82) is 0 Å². The Bertz CT molecular complexity index is 771. The minimum atomic E-state index is -0.656. The standard InChI is InChI=1S/C23H36ClN3O3/c1-15(2)18(26-20(29)30-21(3,4)5)19(28)27-13-12-23(25,22(6,7)14-27)16-8-10-17(24)11-9-16/h8-11,15,18H,12-14,25H2,1-7H3,(H,26,29)/t18-,23?/m1/s1. The van der Waals surface area contributed by atoms with Gasteiger partial charge < -0.3 is 20.7 Å². The van der Waals surface area contributed by atoms with Gasteiger partial charge in [0, 0.05) is 29.1 Å². The Morgan fingerprint density at radius 3 is 2.23 bits per heavy atom. The van der Waals surface area contributed by atoms with Gasteiger partial charge in [-0.3, -0.25) is 4.79 Å². The van der Waals surface area contributed by atoms with E-state index >= 15 is 0 Å². The van der Waals surface area contributed by atoms with Gasteiger partial charge in [-0.15, -0.1) is 0 Å². The van der Waals surface area contributed by atoms with Crippen LogP contribution in [-0.2, 0) is 15.1 Å². The number of nitrogens with two attached hydrogens (primary N) is 1. The number of alkyl carbamates (subject to hydrolysis) is 1. The van der Waals surface area contributed by atoms with Crippen LogP contribution < -0.4 is 11.1 Å². The largest absolute Gasteiger partial charge is 0.444 e. The number of likely N-dealkylation sites (tertiary alicyclic amines) is 1. The first-order chi connectivity index (χ1) is 13.7. The van der Waals surface area contributed by atoms with Crippen LogP contribution in [0.2, 0.25) is 5.02 Å². The van der Waals surface area contributed by atoms with Crippen LogP contribution in [0.3, 0.4) is 0 Å². The highest BCUT2D eigenvalue weighted by atomic mass is 35.5. The molecule has 7 heteroatoms. The molecule has 30 heavy (non-hydrogen) atoms. The Morgan fingerprint density at radius 1 is 1.20 bits per heavy atom. The van der Waals surface area contributed by atoms with Crippen LogP contribution in [-0.4, -0.2) is 41.6 Å². The lowest BCUT2D eigenvalue weighted by Crippen LogP contribution is -2.63. The molecule has 1 fully saturated rings. The average molecular weight is 438 g/mol. The molecule has 2 atom stereocenters. The van der Waals surface area contributed by atoms with Crippen molar-refractivity contribution in [3.05, 3.63) is 34.9 Å². The monoisotopic (exact) mass is 437 g/mol. The van der Waals surface area contributed by atoms with Crippen LogP contribution in [0.25, 0.3) is 0 Å². The maximum atomic E-state index is 13.3. The van der Waals surface area contributed by atoms with E-state index in [9.17, 15) is 9.59 Å². The summed E-state index contributed by atoms with van der Waals surface area (Å²) in [6.45, 7) is 14.4. The van der Waals surface area contributed by atoms with Crippen molar-refractivity contribution in [2.45, 2.75) is 72.1 Å². The molecule has 2 amide bonds. The maximum Gasteiger partial charge on any atom is 0.408 e. The second-order valence-corrected chi connectivity index (χ2v) is 10.7. The normalized spacial score (nSPS) is 22.5. The number of amides is 2. The smallest absolute Gasteiger partial charge is 0.408 e.